The number of nitrogens with zero attached hydrogens (tertiary/aromatic N) is 8. The Morgan fingerprint density at radius 2 is 1.13 bits per heavy atom. The van der Waals surface area contributed by atoms with Crippen LogP contribution in [-0.4, -0.2) is 54.4 Å². The molecule has 0 saturated heterocycles. The third kappa shape index (κ3) is 10.6. The van der Waals surface area contributed by atoms with Crippen LogP contribution in [0.5, 0.6) is 0 Å². The molecule has 0 saturated carbocycles. The molecule has 0 aliphatic carbocycles. The van der Waals surface area contributed by atoms with Crippen LogP contribution in [0.2, 0.25) is 10.0 Å². The molecule has 8 rings (SSSR count). The first kappa shape index (κ1) is 42.3. The zero-order valence-electron chi connectivity index (χ0n) is 28.2. The first-order valence-corrected chi connectivity index (χ1v) is 16.9. The van der Waals surface area contributed by atoms with Crippen molar-refractivity contribution in [3.63, 3.8) is 0 Å². The van der Waals surface area contributed by atoms with Crippen LogP contribution in [0.15, 0.2) is 97.3 Å². The molecule has 55 heavy (non-hydrogen) atoms. The standard InChI is InChI=1S/C18H15ClFN5O.C13H13FN4O.C5H3ClFN.CH4.ClH/c19-12-1-6-17(21-10-12)22-11-14-9-16-18(26)24(7-8-25(16)23-14)15-4-2-13(20)3-5-15;14-9-1-3-11(4-2-9)17-5-6-18-12(13(17)19)7-10(8-15)16-18;6-4-1-2-5(7)8-3-4;;/h1-6,9-10H,7-8,11H2,(H,21,22);1-4,7H,5-6,8,15H2;1-3H;1H4;1H. The van der Waals surface area contributed by atoms with Crippen molar-refractivity contribution < 1.29 is 22.8 Å². The molecule has 0 radical (unpaired) electrons. The minimum atomic E-state index is -0.505. The second kappa shape index (κ2) is 19.2. The molecule has 3 N–H and O–H groups in total. The first-order chi connectivity index (χ1) is 25.6. The van der Waals surface area contributed by atoms with Crippen LogP contribution in [0.1, 0.15) is 39.8 Å². The number of amides is 2. The van der Waals surface area contributed by atoms with Crippen LogP contribution in [0.4, 0.5) is 30.4 Å². The van der Waals surface area contributed by atoms with Crippen LogP contribution in [0, 0.1) is 17.6 Å². The summed E-state index contributed by atoms with van der Waals surface area (Å²) in [6, 6.07) is 21.5. The second-order valence-electron chi connectivity index (χ2n) is 11.6. The summed E-state index contributed by atoms with van der Waals surface area (Å²) in [7, 11) is 0. The number of halogens is 6. The number of nitrogens with two attached hydrogens (primary N) is 1. The van der Waals surface area contributed by atoms with Crippen molar-refractivity contribution in [3.8, 4) is 0 Å². The average molecular weight is 816 g/mol. The molecule has 0 spiro atoms. The van der Waals surface area contributed by atoms with E-state index in [0.29, 0.717) is 83.6 Å². The van der Waals surface area contributed by atoms with Gasteiger partial charge in [-0.2, -0.15) is 14.6 Å². The van der Waals surface area contributed by atoms with Gasteiger partial charge in [0.15, 0.2) is 0 Å². The summed E-state index contributed by atoms with van der Waals surface area (Å²) in [5, 5.41) is 12.9. The van der Waals surface area contributed by atoms with E-state index >= 15 is 0 Å². The third-order valence-electron chi connectivity index (χ3n) is 8.02. The number of carbonyl (C=O) groups is 2. The van der Waals surface area contributed by atoms with Crippen molar-refractivity contribution in [2.75, 3.05) is 28.2 Å². The summed E-state index contributed by atoms with van der Waals surface area (Å²) in [5.41, 5.74) is 9.37. The topological polar surface area (TPSA) is 140 Å². The summed E-state index contributed by atoms with van der Waals surface area (Å²) >= 11 is 11.2. The van der Waals surface area contributed by atoms with E-state index in [9.17, 15) is 22.8 Å². The Morgan fingerprint density at radius 1 is 0.655 bits per heavy atom. The van der Waals surface area contributed by atoms with Crippen molar-refractivity contribution in [1.29, 1.82) is 0 Å². The van der Waals surface area contributed by atoms with Gasteiger partial charge in [-0.05, 0) is 84.9 Å². The highest BCUT2D eigenvalue weighted by molar-refractivity contribution is 6.30. The minimum Gasteiger partial charge on any atom is -0.364 e. The summed E-state index contributed by atoms with van der Waals surface area (Å²) in [4.78, 5) is 35.8. The van der Waals surface area contributed by atoms with E-state index in [1.54, 1.807) is 73.9 Å². The molecule has 2 amide bonds. The maximum absolute atomic E-state index is 13.1. The number of pyridine rings is 2. The SMILES string of the molecule is C.Cl.Fc1ccc(Cl)cn1.NCc1cc2n(n1)CCN(c1ccc(F)cc1)C2=O.O=C1c2cc(CNc3ccc(Cl)cn3)nn2CCN1c1ccc(F)cc1. The van der Waals surface area contributed by atoms with Crippen molar-refractivity contribution in [3.05, 3.63) is 148 Å². The van der Waals surface area contributed by atoms with Crippen LogP contribution in [-0.2, 0) is 26.2 Å². The molecule has 2 aliphatic rings. The number of nitrogens with one attached hydrogen (secondary N) is 1. The molecule has 0 fully saturated rings. The van der Waals surface area contributed by atoms with E-state index in [1.165, 1.54) is 42.6 Å². The Hall–Kier alpha value is -5.48. The van der Waals surface area contributed by atoms with E-state index in [1.807, 2.05) is 0 Å². The van der Waals surface area contributed by atoms with Gasteiger partial charge in [0.2, 0.25) is 5.95 Å². The number of benzene rings is 2. The molecule has 0 bridgehead atoms. The highest BCUT2D eigenvalue weighted by atomic mass is 35.5. The third-order valence-corrected chi connectivity index (χ3v) is 8.46. The number of hydrogen-bond donors (Lipinski definition) is 2. The maximum atomic E-state index is 13.1. The van der Waals surface area contributed by atoms with Gasteiger partial charge in [-0.3, -0.25) is 19.0 Å². The molecule has 0 unspecified atom stereocenters. The minimum absolute atomic E-state index is 0. The van der Waals surface area contributed by atoms with Crippen LogP contribution < -0.4 is 20.9 Å². The number of aromatic nitrogens is 6. The van der Waals surface area contributed by atoms with Gasteiger partial charge in [0.1, 0.15) is 28.8 Å². The Kier molecular flexibility index (Phi) is 14.8. The fraction of sp³-hybridized carbons (Fsp3) is 0.189. The molecule has 12 nitrogen and oxygen atoms in total. The quantitative estimate of drug-likeness (QED) is 0.166. The predicted molar refractivity (Wildman–Crippen MR) is 208 cm³/mol. The summed E-state index contributed by atoms with van der Waals surface area (Å²) in [6.45, 7) is 2.95. The number of carbonyl (C=O) groups excluding carboxylic acids is 2. The van der Waals surface area contributed by atoms with Gasteiger partial charge < -0.3 is 20.9 Å². The van der Waals surface area contributed by atoms with Gasteiger partial charge in [0, 0.05) is 43.4 Å². The van der Waals surface area contributed by atoms with E-state index in [2.05, 4.69) is 25.5 Å². The predicted octanol–water partition coefficient (Wildman–Crippen LogP) is 7.42. The Balaban J connectivity index is 0.000000203. The molecular formula is C37H36Cl3F3N10O2. The van der Waals surface area contributed by atoms with Gasteiger partial charge >= 0.3 is 0 Å². The Labute approximate surface area is 331 Å². The lowest BCUT2D eigenvalue weighted by molar-refractivity contribution is 0.0954. The molecule has 0 atom stereocenters. The fourth-order valence-corrected chi connectivity index (χ4v) is 5.66. The van der Waals surface area contributed by atoms with E-state index < -0.39 is 5.95 Å². The second-order valence-corrected chi connectivity index (χ2v) is 12.4. The van der Waals surface area contributed by atoms with Gasteiger partial charge in [-0.25, -0.2) is 18.7 Å². The highest BCUT2D eigenvalue weighted by Crippen LogP contribution is 2.23. The van der Waals surface area contributed by atoms with Crippen molar-refractivity contribution in [2.24, 2.45) is 5.73 Å². The highest BCUT2D eigenvalue weighted by Gasteiger charge is 2.28. The summed E-state index contributed by atoms with van der Waals surface area (Å²) in [5.74, 6) is -0.749. The zero-order chi connectivity index (χ0) is 37.5. The van der Waals surface area contributed by atoms with Crippen molar-refractivity contribution in [2.45, 2.75) is 33.6 Å². The zero-order valence-corrected chi connectivity index (χ0v) is 30.6. The summed E-state index contributed by atoms with van der Waals surface area (Å²) < 4.78 is 41.3. The van der Waals surface area contributed by atoms with Crippen LogP contribution in [0.3, 0.4) is 0 Å². The lowest BCUT2D eigenvalue weighted by atomic mass is 10.2. The first-order valence-electron chi connectivity index (χ1n) is 16.2. The van der Waals surface area contributed by atoms with E-state index in [-0.39, 0.29) is 43.3 Å². The fourth-order valence-electron chi connectivity index (χ4n) is 5.43. The van der Waals surface area contributed by atoms with E-state index in [4.69, 9.17) is 28.9 Å². The number of rotatable bonds is 6. The van der Waals surface area contributed by atoms with Gasteiger partial charge in [0.05, 0.1) is 41.1 Å². The van der Waals surface area contributed by atoms with Gasteiger partial charge in [-0.15, -0.1) is 12.4 Å². The monoisotopic (exact) mass is 814 g/mol. The number of hydrogen-bond acceptors (Lipinski definition) is 8. The number of anilines is 3. The largest absolute Gasteiger partial charge is 0.364 e. The van der Waals surface area contributed by atoms with Crippen LogP contribution >= 0.6 is 35.6 Å². The molecule has 6 heterocycles. The Morgan fingerprint density at radius 3 is 1.56 bits per heavy atom. The smallest absolute Gasteiger partial charge is 0.276 e. The lowest BCUT2D eigenvalue weighted by Gasteiger charge is -2.27. The molecule has 2 aromatic carbocycles. The molecule has 6 aromatic rings. The van der Waals surface area contributed by atoms with E-state index in [0.717, 1.165) is 5.69 Å². The molecule has 2 aliphatic heterocycles. The van der Waals surface area contributed by atoms with Crippen molar-refractivity contribution >= 4 is 64.6 Å². The van der Waals surface area contributed by atoms with Crippen LogP contribution in [0.25, 0.3) is 0 Å². The molecular weight excluding hydrogens is 780 g/mol. The van der Waals surface area contributed by atoms with Gasteiger partial charge in [-0.1, -0.05) is 30.6 Å². The van der Waals surface area contributed by atoms with Crippen molar-refractivity contribution in [1.82, 2.24) is 29.5 Å². The van der Waals surface area contributed by atoms with Gasteiger partial charge in [0.25, 0.3) is 11.8 Å². The molecule has 4 aromatic heterocycles. The summed E-state index contributed by atoms with van der Waals surface area (Å²) in [6.07, 6.45) is 2.82. The lowest BCUT2D eigenvalue weighted by Crippen LogP contribution is -2.40. The Bertz CT molecular complexity index is 2160. The normalized spacial score (nSPS) is 12.8. The average Bonchev–Trinajstić information content (AvgIpc) is 3.80. The number of fused-ring (bicyclic) bond motifs is 2. The maximum Gasteiger partial charge on any atom is 0.276 e. The molecule has 288 valence electrons. The molecule has 18 heteroatoms.